The summed E-state index contributed by atoms with van der Waals surface area (Å²) in [6.07, 6.45) is -3.54. The maximum Gasteiger partial charge on any atom is 0.410 e. The predicted molar refractivity (Wildman–Crippen MR) is 95.9 cm³/mol. The molecule has 0 radical (unpaired) electrons. The third kappa shape index (κ3) is 3.92. The van der Waals surface area contributed by atoms with Gasteiger partial charge in [0, 0.05) is 6.20 Å². The molecule has 28 heavy (non-hydrogen) atoms. The van der Waals surface area contributed by atoms with Gasteiger partial charge in [-0.1, -0.05) is 30.3 Å². The molecule has 3 rings (SSSR count). The van der Waals surface area contributed by atoms with Crippen molar-refractivity contribution in [3.63, 3.8) is 0 Å². The van der Waals surface area contributed by atoms with E-state index in [-0.39, 0.29) is 17.1 Å². The van der Waals surface area contributed by atoms with Crippen LogP contribution in [0.4, 0.5) is 23.8 Å². The molecule has 1 aliphatic rings. The van der Waals surface area contributed by atoms with Gasteiger partial charge in [0.05, 0.1) is 12.0 Å². The lowest BCUT2D eigenvalue weighted by molar-refractivity contribution is -0.220. The Morgan fingerprint density at radius 3 is 2.57 bits per heavy atom. The maximum absolute atomic E-state index is 13.6. The van der Waals surface area contributed by atoms with E-state index in [9.17, 15) is 22.8 Å². The molecule has 1 aliphatic heterocycles. The number of amides is 3. The number of carbonyl (C=O) groups is 2. The first-order valence-electron chi connectivity index (χ1n) is 8.64. The first-order chi connectivity index (χ1) is 13.2. The van der Waals surface area contributed by atoms with Gasteiger partial charge in [0.25, 0.3) is 0 Å². The molecular weight excluding hydrogens is 373 g/mol. The Balaban J connectivity index is 1.75. The summed E-state index contributed by atoms with van der Waals surface area (Å²) in [4.78, 5) is 28.8. The van der Waals surface area contributed by atoms with Gasteiger partial charge in [-0.2, -0.15) is 13.2 Å². The van der Waals surface area contributed by atoms with Crippen LogP contribution in [0, 0.1) is 5.92 Å². The molecule has 3 amide bonds. The summed E-state index contributed by atoms with van der Waals surface area (Å²) in [5.74, 6) is -2.09. The van der Waals surface area contributed by atoms with Crippen molar-refractivity contribution in [1.29, 1.82) is 0 Å². The highest BCUT2D eigenvalue weighted by Crippen LogP contribution is 2.41. The summed E-state index contributed by atoms with van der Waals surface area (Å²) in [6.45, 7) is 1.64. The number of nitrogen functional groups attached to an aromatic ring is 1. The van der Waals surface area contributed by atoms with Gasteiger partial charge >= 0.3 is 12.2 Å². The van der Waals surface area contributed by atoms with Gasteiger partial charge in [0.1, 0.15) is 11.9 Å². The van der Waals surface area contributed by atoms with Crippen molar-refractivity contribution in [3.05, 3.63) is 59.8 Å². The van der Waals surface area contributed by atoms with E-state index in [4.69, 9.17) is 5.73 Å². The first-order valence-corrected chi connectivity index (χ1v) is 8.64. The highest BCUT2D eigenvalue weighted by atomic mass is 19.4. The zero-order chi connectivity index (χ0) is 20.5. The second-order valence-corrected chi connectivity index (χ2v) is 6.68. The molecule has 2 aromatic rings. The van der Waals surface area contributed by atoms with Crippen molar-refractivity contribution in [2.45, 2.75) is 31.6 Å². The van der Waals surface area contributed by atoms with Crippen LogP contribution in [-0.4, -0.2) is 34.0 Å². The number of nitrogens with two attached hydrogens (primary N) is 1. The number of urea groups is 1. The van der Waals surface area contributed by atoms with Crippen LogP contribution in [0.15, 0.2) is 48.7 Å². The fraction of sp³-hybridized carbons (Fsp3) is 0.316. The van der Waals surface area contributed by atoms with Gasteiger partial charge in [0.2, 0.25) is 5.91 Å². The summed E-state index contributed by atoms with van der Waals surface area (Å²) >= 11 is 0. The number of pyridine rings is 1. The standard InChI is InChI=1S/C19H19F3N4O2/c1-11(13-5-3-2-4-6-13)25-18(28)26-16(19(20,21)22)14(17(26)27)9-12-7-8-24-15(23)10-12/h2-8,10-11,14,16H,9H2,1H3,(H2,23,24)(H,25,28)/t11-,14?,16+/m1/s1. The Labute approximate surface area is 159 Å². The number of alkyl halides is 3. The van der Waals surface area contributed by atoms with Gasteiger partial charge in [0.15, 0.2) is 0 Å². The predicted octanol–water partition coefficient (Wildman–Crippen LogP) is 3.07. The maximum atomic E-state index is 13.6. The number of likely N-dealkylation sites (tertiary alicyclic amines) is 1. The molecule has 1 aromatic carbocycles. The molecule has 3 N–H and O–H groups in total. The molecule has 1 aromatic heterocycles. The van der Waals surface area contributed by atoms with E-state index in [0.717, 1.165) is 5.56 Å². The average Bonchev–Trinajstić information content (AvgIpc) is 2.63. The molecule has 1 unspecified atom stereocenters. The Hall–Kier alpha value is -3.10. The van der Waals surface area contributed by atoms with Crippen LogP contribution < -0.4 is 11.1 Å². The molecule has 0 spiro atoms. The molecule has 0 bridgehead atoms. The van der Waals surface area contributed by atoms with Crippen LogP contribution >= 0.6 is 0 Å². The minimum absolute atomic E-state index is 0.152. The SMILES string of the molecule is C[C@@H](NC(=O)N1C(=O)C(Cc2ccnc(N)c2)[C@H]1C(F)(F)F)c1ccccc1. The number of hydrogen-bond acceptors (Lipinski definition) is 4. The Morgan fingerprint density at radius 2 is 1.96 bits per heavy atom. The number of benzene rings is 1. The minimum atomic E-state index is -4.73. The van der Waals surface area contributed by atoms with Gasteiger partial charge in [-0.3, -0.25) is 9.69 Å². The number of aromatic nitrogens is 1. The number of β-lactam (4-membered cyclic amide) rings is 1. The zero-order valence-electron chi connectivity index (χ0n) is 15.0. The summed E-state index contributed by atoms with van der Waals surface area (Å²) in [6, 6.07) is 7.89. The van der Waals surface area contributed by atoms with Crippen molar-refractivity contribution in [1.82, 2.24) is 15.2 Å². The summed E-state index contributed by atoms with van der Waals surface area (Å²) in [5, 5.41) is 2.46. The Kier molecular flexibility index (Phi) is 5.26. The first kappa shape index (κ1) is 19.7. The average molecular weight is 392 g/mol. The molecule has 3 atom stereocenters. The van der Waals surface area contributed by atoms with Crippen LogP contribution in [0.2, 0.25) is 0 Å². The van der Waals surface area contributed by atoms with Crippen molar-refractivity contribution in [2.24, 2.45) is 5.92 Å². The van der Waals surface area contributed by atoms with E-state index in [1.165, 1.54) is 18.3 Å². The third-order valence-corrected chi connectivity index (χ3v) is 4.71. The number of carbonyl (C=O) groups excluding carboxylic acids is 2. The number of anilines is 1. The van der Waals surface area contributed by atoms with Crippen molar-refractivity contribution in [2.75, 3.05) is 5.73 Å². The van der Waals surface area contributed by atoms with E-state index in [1.54, 1.807) is 37.3 Å². The molecule has 2 heterocycles. The Bertz CT molecular complexity index is 873. The lowest BCUT2D eigenvalue weighted by Crippen LogP contribution is -2.70. The molecule has 0 aliphatic carbocycles. The van der Waals surface area contributed by atoms with Gasteiger partial charge in [-0.15, -0.1) is 0 Å². The van der Waals surface area contributed by atoms with E-state index < -0.39 is 36.1 Å². The summed E-state index contributed by atoms with van der Waals surface area (Å²) in [7, 11) is 0. The third-order valence-electron chi connectivity index (χ3n) is 4.71. The van der Waals surface area contributed by atoms with Gasteiger partial charge in [-0.25, -0.2) is 9.78 Å². The highest BCUT2D eigenvalue weighted by molar-refractivity contribution is 6.01. The number of nitrogens with one attached hydrogen (secondary N) is 1. The fourth-order valence-corrected chi connectivity index (χ4v) is 3.30. The van der Waals surface area contributed by atoms with E-state index in [0.29, 0.717) is 5.56 Å². The number of rotatable bonds is 4. The van der Waals surface area contributed by atoms with E-state index in [2.05, 4.69) is 10.3 Å². The van der Waals surface area contributed by atoms with Gasteiger partial charge in [-0.05, 0) is 36.6 Å². The van der Waals surface area contributed by atoms with Crippen LogP contribution in [0.25, 0.3) is 0 Å². The molecule has 148 valence electrons. The lowest BCUT2D eigenvalue weighted by Gasteiger charge is -2.46. The zero-order valence-corrected chi connectivity index (χ0v) is 15.0. The molecular formula is C19H19F3N4O2. The monoisotopic (exact) mass is 392 g/mol. The number of nitrogens with zero attached hydrogens (tertiary/aromatic N) is 2. The second kappa shape index (κ2) is 7.49. The molecule has 1 saturated heterocycles. The normalized spacial score (nSPS) is 20.4. The molecule has 0 saturated carbocycles. The number of halogens is 3. The molecule has 1 fully saturated rings. The fourth-order valence-electron chi connectivity index (χ4n) is 3.30. The largest absolute Gasteiger partial charge is 0.410 e. The van der Waals surface area contributed by atoms with Crippen LogP contribution in [0.3, 0.4) is 0 Å². The quantitative estimate of drug-likeness (QED) is 0.783. The van der Waals surface area contributed by atoms with Crippen LogP contribution in [-0.2, 0) is 11.2 Å². The lowest BCUT2D eigenvalue weighted by atomic mass is 9.82. The smallest absolute Gasteiger partial charge is 0.384 e. The Morgan fingerprint density at radius 1 is 1.29 bits per heavy atom. The van der Waals surface area contributed by atoms with Crippen LogP contribution in [0.5, 0.6) is 0 Å². The van der Waals surface area contributed by atoms with Crippen molar-refractivity contribution < 1.29 is 22.8 Å². The highest BCUT2D eigenvalue weighted by Gasteiger charge is 2.62. The van der Waals surface area contributed by atoms with Gasteiger partial charge < -0.3 is 11.1 Å². The number of hydrogen-bond donors (Lipinski definition) is 2. The summed E-state index contributed by atoms with van der Waals surface area (Å²) < 4.78 is 40.7. The van der Waals surface area contributed by atoms with Crippen LogP contribution in [0.1, 0.15) is 24.1 Å². The topological polar surface area (TPSA) is 88.3 Å². The minimum Gasteiger partial charge on any atom is -0.384 e. The number of imide groups is 1. The van der Waals surface area contributed by atoms with Crippen molar-refractivity contribution in [3.8, 4) is 0 Å². The van der Waals surface area contributed by atoms with E-state index >= 15 is 0 Å². The molecule has 6 nitrogen and oxygen atoms in total. The van der Waals surface area contributed by atoms with E-state index in [1.807, 2.05) is 0 Å². The van der Waals surface area contributed by atoms with Crippen molar-refractivity contribution >= 4 is 17.8 Å². The summed E-state index contributed by atoms with van der Waals surface area (Å²) in [5.41, 5.74) is 6.72. The molecule has 9 heteroatoms. The second-order valence-electron chi connectivity index (χ2n) is 6.68.